The SMILES string of the molecule is CCC1CCC(O)(C2(CN)CCC(C(C)(C)C)CC2)CC1. The molecule has 0 aromatic rings. The first-order valence-corrected chi connectivity index (χ1v) is 9.19. The quantitative estimate of drug-likeness (QED) is 0.805. The highest BCUT2D eigenvalue weighted by Crippen LogP contribution is 2.54. The molecule has 0 radical (unpaired) electrons. The fraction of sp³-hybridized carbons (Fsp3) is 1.00. The molecule has 0 saturated heterocycles. The molecule has 0 bridgehead atoms. The third-order valence-corrected chi connectivity index (χ3v) is 7.06. The molecule has 0 aromatic heterocycles. The van der Waals surface area contributed by atoms with Crippen LogP contribution < -0.4 is 5.73 Å². The van der Waals surface area contributed by atoms with Crippen molar-refractivity contribution in [3.05, 3.63) is 0 Å². The smallest absolute Gasteiger partial charge is 0.0716 e. The van der Waals surface area contributed by atoms with E-state index in [1.54, 1.807) is 0 Å². The van der Waals surface area contributed by atoms with Crippen molar-refractivity contribution >= 4 is 0 Å². The van der Waals surface area contributed by atoms with Crippen molar-refractivity contribution in [3.63, 3.8) is 0 Å². The summed E-state index contributed by atoms with van der Waals surface area (Å²) in [6.07, 6.45) is 10.3. The summed E-state index contributed by atoms with van der Waals surface area (Å²) >= 11 is 0. The third kappa shape index (κ3) is 3.32. The molecule has 3 N–H and O–H groups in total. The number of hydrogen-bond donors (Lipinski definition) is 2. The zero-order valence-corrected chi connectivity index (χ0v) is 14.8. The normalized spacial score (nSPS) is 42.0. The van der Waals surface area contributed by atoms with E-state index in [0.717, 1.165) is 37.5 Å². The van der Waals surface area contributed by atoms with Gasteiger partial charge in [0.05, 0.1) is 5.60 Å². The van der Waals surface area contributed by atoms with Crippen LogP contribution in [0.5, 0.6) is 0 Å². The van der Waals surface area contributed by atoms with Crippen molar-refractivity contribution < 1.29 is 5.11 Å². The predicted octanol–water partition coefficient (Wildman–Crippen LogP) is 4.50. The molecule has 2 saturated carbocycles. The van der Waals surface area contributed by atoms with Gasteiger partial charge >= 0.3 is 0 Å². The molecular formula is C19H37NO. The Morgan fingerprint density at radius 1 is 1.00 bits per heavy atom. The first-order valence-electron chi connectivity index (χ1n) is 9.19. The van der Waals surface area contributed by atoms with E-state index in [9.17, 15) is 5.11 Å². The standard InChI is InChI=1S/C19H37NO/c1-5-15-6-12-19(21,13-7-15)18(14-20)10-8-16(9-11-18)17(2,3)4/h15-16,21H,5-14,20H2,1-4H3. The number of nitrogens with two attached hydrogens (primary N) is 1. The van der Waals surface area contributed by atoms with Gasteiger partial charge in [0, 0.05) is 12.0 Å². The summed E-state index contributed by atoms with van der Waals surface area (Å²) in [7, 11) is 0. The van der Waals surface area contributed by atoms with Gasteiger partial charge in [0.15, 0.2) is 0 Å². The monoisotopic (exact) mass is 295 g/mol. The van der Waals surface area contributed by atoms with Gasteiger partial charge in [-0.25, -0.2) is 0 Å². The summed E-state index contributed by atoms with van der Waals surface area (Å²) in [5.74, 6) is 1.61. The van der Waals surface area contributed by atoms with Gasteiger partial charge in [-0.05, 0) is 68.6 Å². The maximum absolute atomic E-state index is 11.4. The summed E-state index contributed by atoms with van der Waals surface area (Å²) in [4.78, 5) is 0. The molecule has 2 heteroatoms. The molecule has 2 aliphatic carbocycles. The lowest BCUT2D eigenvalue weighted by Gasteiger charge is -2.54. The second kappa shape index (κ2) is 6.20. The van der Waals surface area contributed by atoms with Crippen LogP contribution in [-0.2, 0) is 0 Å². The van der Waals surface area contributed by atoms with Crippen molar-refractivity contribution in [2.75, 3.05) is 6.54 Å². The average Bonchev–Trinajstić information content (AvgIpc) is 2.47. The van der Waals surface area contributed by atoms with Gasteiger partial charge < -0.3 is 10.8 Å². The van der Waals surface area contributed by atoms with Gasteiger partial charge in [-0.3, -0.25) is 0 Å². The molecule has 124 valence electrons. The molecule has 0 heterocycles. The van der Waals surface area contributed by atoms with E-state index in [2.05, 4.69) is 27.7 Å². The third-order valence-electron chi connectivity index (χ3n) is 7.06. The number of hydrogen-bond acceptors (Lipinski definition) is 2. The second-order valence-corrected chi connectivity index (χ2v) is 9.01. The van der Waals surface area contributed by atoms with E-state index >= 15 is 0 Å². The van der Waals surface area contributed by atoms with Crippen molar-refractivity contribution in [2.45, 2.75) is 91.1 Å². The van der Waals surface area contributed by atoms with Crippen LogP contribution in [0.15, 0.2) is 0 Å². The molecule has 21 heavy (non-hydrogen) atoms. The molecule has 2 nitrogen and oxygen atoms in total. The Kier molecular flexibility index (Phi) is 5.10. The lowest BCUT2D eigenvalue weighted by molar-refractivity contribution is -0.137. The van der Waals surface area contributed by atoms with Gasteiger partial charge in [-0.1, -0.05) is 34.1 Å². The van der Waals surface area contributed by atoms with Gasteiger partial charge in [-0.15, -0.1) is 0 Å². The lowest BCUT2D eigenvalue weighted by atomic mass is 9.54. The zero-order valence-electron chi connectivity index (χ0n) is 14.8. The Hall–Kier alpha value is -0.0800. The van der Waals surface area contributed by atoms with Gasteiger partial charge in [0.2, 0.25) is 0 Å². The largest absolute Gasteiger partial charge is 0.389 e. The van der Waals surface area contributed by atoms with E-state index in [0.29, 0.717) is 12.0 Å². The summed E-state index contributed by atoms with van der Waals surface area (Å²) in [6.45, 7) is 10.0. The van der Waals surface area contributed by atoms with E-state index in [1.807, 2.05) is 0 Å². The predicted molar refractivity (Wildman–Crippen MR) is 90.1 cm³/mol. The molecule has 2 aliphatic rings. The van der Waals surface area contributed by atoms with Crippen molar-refractivity contribution in [1.29, 1.82) is 0 Å². The minimum Gasteiger partial charge on any atom is -0.389 e. The highest BCUT2D eigenvalue weighted by Gasteiger charge is 2.52. The molecule has 0 spiro atoms. The van der Waals surface area contributed by atoms with E-state index in [-0.39, 0.29) is 5.41 Å². The molecule has 2 fully saturated rings. The molecule has 0 amide bonds. The molecule has 2 rings (SSSR count). The second-order valence-electron chi connectivity index (χ2n) is 9.01. The fourth-order valence-corrected chi connectivity index (χ4v) is 4.99. The maximum Gasteiger partial charge on any atom is 0.0716 e. The van der Waals surface area contributed by atoms with Gasteiger partial charge in [0.1, 0.15) is 0 Å². The Bertz CT molecular complexity index is 328. The van der Waals surface area contributed by atoms with Crippen LogP contribution in [0.2, 0.25) is 0 Å². The maximum atomic E-state index is 11.4. The Labute approximate surface area is 131 Å². The van der Waals surface area contributed by atoms with Crippen LogP contribution in [0.1, 0.15) is 85.5 Å². The van der Waals surface area contributed by atoms with Crippen LogP contribution in [0.25, 0.3) is 0 Å². The summed E-state index contributed by atoms with van der Waals surface area (Å²) in [6, 6.07) is 0. The molecule has 0 aliphatic heterocycles. The first kappa shape index (κ1) is 17.3. The number of aliphatic hydroxyl groups is 1. The average molecular weight is 296 g/mol. The van der Waals surface area contributed by atoms with Crippen molar-refractivity contribution in [2.24, 2.45) is 28.4 Å². The fourth-order valence-electron chi connectivity index (χ4n) is 4.99. The van der Waals surface area contributed by atoms with Gasteiger partial charge in [0.25, 0.3) is 0 Å². The molecule has 0 unspecified atom stereocenters. The number of rotatable bonds is 3. The Morgan fingerprint density at radius 3 is 1.90 bits per heavy atom. The summed E-state index contributed by atoms with van der Waals surface area (Å²) in [5.41, 5.74) is 6.11. The van der Waals surface area contributed by atoms with Crippen molar-refractivity contribution in [3.8, 4) is 0 Å². The Balaban J connectivity index is 2.06. The molecule has 0 aromatic carbocycles. The highest BCUT2D eigenvalue weighted by atomic mass is 16.3. The van der Waals surface area contributed by atoms with Crippen LogP contribution >= 0.6 is 0 Å². The van der Waals surface area contributed by atoms with Crippen LogP contribution in [0, 0.1) is 22.7 Å². The first-order chi connectivity index (χ1) is 9.76. The van der Waals surface area contributed by atoms with Crippen molar-refractivity contribution in [1.82, 2.24) is 0 Å². The minimum absolute atomic E-state index is 0.00649. The summed E-state index contributed by atoms with van der Waals surface area (Å²) in [5, 5.41) is 11.4. The van der Waals surface area contributed by atoms with E-state index < -0.39 is 5.60 Å². The summed E-state index contributed by atoms with van der Waals surface area (Å²) < 4.78 is 0. The van der Waals surface area contributed by atoms with E-state index in [4.69, 9.17) is 5.73 Å². The zero-order chi connectivity index (χ0) is 15.7. The molecule has 0 atom stereocenters. The van der Waals surface area contributed by atoms with E-state index in [1.165, 1.54) is 32.1 Å². The van der Waals surface area contributed by atoms with Gasteiger partial charge in [-0.2, -0.15) is 0 Å². The Morgan fingerprint density at radius 2 is 1.52 bits per heavy atom. The minimum atomic E-state index is -0.490. The highest BCUT2D eigenvalue weighted by molar-refractivity contribution is 5.04. The van der Waals surface area contributed by atoms with Crippen LogP contribution in [-0.4, -0.2) is 17.3 Å². The van der Waals surface area contributed by atoms with Crippen LogP contribution in [0.4, 0.5) is 0 Å². The topological polar surface area (TPSA) is 46.2 Å². The molecular weight excluding hydrogens is 258 g/mol. The lowest BCUT2D eigenvalue weighted by Crippen LogP contribution is -2.56. The van der Waals surface area contributed by atoms with Crippen LogP contribution in [0.3, 0.4) is 0 Å².